The highest BCUT2D eigenvalue weighted by molar-refractivity contribution is 5.92. The minimum absolute atomic E-state index is 0.0969. The van der Waals surface area contributed by atoms with E-state index in [4.69, 9.17) is 0 Å². The molecule has 0 aliphatic heterocycles. The number of carbonyl (C=O) groups excluding carboxylic acids is 2. The third-order valence-electron chi connectivity index (χ3n) is 5.13. The summed E-state index contributed by atoms with van der Waals surface area (Å²) in [6.45, 7) is 1.83. The largest absolute Gasteiger partial charge is 0.353 e. The fraction of sp³-hybridized carbons (Fsp3) is 0.667. The van der Waals surface area contributed by atoms with Gasteiger partial charge in [-0.1, -0.05) is 25.7 Å². The van der Waals surface area contributed by atoms with Crippen molar-refractivity contribution in [1.82, 2.24) is 20.6 Å². The minimum atomic E-state index is -0.245. The van der Waals surface area contributed by atoms with E-state index in [2.05, 4.69) is 20.6 Å². The van der Waals surface area contributed by atoms with Gasteiger partial charge in [0.15, 0.2) is 0 Å². The normalized spacial score (nSPS) is 24.5. The Morgan fingerprint density at radius 1 is 0.958 bits per heavy atom. The number of amides is 2. The van der Waals surface area contributed by atoms with Crippen molar-refractivity contribution < 1.29 is 9.59 Å². The van der Waals surface area contributed by atoms with Crippen LogP contribution in [-0.4, -0.2) is 33.9 Å². The van der Waals surface area contributed by atoms with Gasteiger partial charge in [-0.2, -0.15) is 0 Å². The molecule has 1 aromatic rings. The predicted molar refractivity (Wildman–Crippen MR) is 90.4 cm³/mol. The highest BCUT2D eigenvalue weighted by atomic mass is 16.2. The molecule has 0 spiro atoms. The van der Waals surface area contributed by atoms with Gasteiger partial charge in [-0.05, 0) is 32.6 Å². The number of hydrogen-bond donors (Lipinski definition) is 2. The minimum Gasteiger partial charge on any atom is -0.353 e. The van der Waals surface area contributed by atoms with Crippen LogP contribution in [0.15, 0.2) is 12.4 Å². The quantitative estimate of drug-likeness (QED) is 0.886. The van der Waals surface area contributed by atoms with Gasteiger partial charge in [0, 0.05) is 18.3 Å². The Bertz CT molecular complexity index is 581. The van der Waals surface area contributed by atoms with E-state index in [-0.39, 0.29) is 23.8 Å². The molecule has 6 heteroatoms. The molecule has 3 rings (SSSR count). The molecule has 0 radical (unpaired) electrons. The van der Waals surface area contributed by atoms with Crippen LogP contribution in [0.5, 0.6) is 0 Å². The Kier molecular flexibility index (Phi) is 5.43. The molecule has 24 heavy (non-hydrogen) atoms. The van der Waals surface area contributed by atoms with Gasteiger partial charge in [0.1, 0.15) is 5.69 Å². The first-order chi connectivity index (χ1) is 11.6. The van der Waals surface area contributed by atoms with E-state index >= 15 is 0 Å². The fourth-order valence-corrected chi connectivity index (χ4v) is 3.75. The number of nitrogens with zero attached hydrogens (tertiary/aromatic N) is 2. The Morgan fingerprint density at radius 3 is 2.46 bits per heavy atom. The molecule has 2 atom stereocenters. The van der Waals surface area contributed by atoms with Crippen LogP contribution in [0, 0.1) is 12.8 Å². The zero-order valence-corrected chi connectivity index (χ0v) is 14.3. The van der Waals surface area contributed by atoms with E-state index in [1.54, 1.807) is 6.20 Å². The van der Waals surface area contributed by atoms with Crippen LogP contribution in [0.1, 0.15) is 67.5 Å². The molecule has 2 amide bonds. The average Bonchev–Trinajstić information content (AvgIpc) is 3.04. The van der Waals surface area contributed by atoms with Crippen LogP contribution in [0.4, 0.5) is 0 Å². The second kappa shape index (κ2) is 7.73. The second-order valence-electron chi connectivity index (χ2n) is 7.00. The van der Waals surface area contributed by atoms with Gasteiger partial charge in [0.25, 0.3) is 5.91 Å². The van der Waals surface area contributed by atoms with Gasteiger partial charge in [0.2, 0.25) is 5.91 Å². The summed E-state index contributed by atoms with van der Waals surface area (Å²) in [5.74, 6) is -0.279. The van der Waals surface area contributed by atoms with Gasteiger partial charge in [0.05, 0.1) is 17.8 Å². The lowest BCUT2D eigenvalue weighted by molar-refractivity contribution is -0.126. The van der Waals surface area contributed by atoms with Crippen molar-refractivity contribution in [3.8, 4) is 0 Å². The van der Waals surface area contributed by atoms with Crippen molar-refractivity contribution >= 4 is 11.8 Å². The summed E-state index contributed by atoms with van der Waals surface area (Å²) in [4.78, 5) is 33.1. The lowest BCUT2D eigenvalue weighted by Crippen LogP contribution is -2.47. The first-order valence-corrected chi connectivity index (χ1v) is 9.03. The van der Waals surface area contributed by atoms with E-state index in [9.17, 15) is 9.59 Å². The lowest BCUT2D eigenvalue weighted by atomic mass is 9.94. The average molecular weight is 330 g/mol. The number of hydrogen-bond acceptors (Lipinski definition) is 4. The summed E-state index contributed by atoms with van der Waals surface area (Å²) in [5.41, 5.74) is 1.08. The maximum Gasteiger partial charge on any atom is 0.271 e. The summed E-state index contributed by atoms with van der Waals surface area (Å²) >= 11 is 0. The molecule has 6 nitrogen and oxygen atoms in total. The summed E-state index contributed by atoms with van der Waals surface area (Å²) in [7, 11) is 0. The van der Waals surface area contributed by atoms with Crippen molar-refractivity contribution in [1.29, 1.82) is 0 Å². The monoisotopic (exact) mass is 330 g/mol. The first kappa shape index (κ1) is 16.9. The molecule has 2 N–H and O–H groups in total. The number of aromatic nitrogens is 2. The van der Waals surface area contributed by atoms with E-state index in [1.165, 1.54) is 25.5 Å². The van der Waals surface area contributed by atoms with Crippen molar-refractivity contribution in [3.63, 3.8) is 0 Å². The van der Waals surface area contributed by atoms with Gasteiger partial charge >= 0.3 is 0 Å². The van der Waals surface area contributed by atoms with Crippen LogP contribution in [0.2, 0.25) is 0 Å². The zero-order valence-electron chi connectivity index (χ0n) is 14.3. The summed E-state index contributed by atoms with van der Waals surface area (Å²) in [6, 6.07) is 0.204. The second-order valence-corrected chi connectivity index (χ2v) is 7.00. The van der Waals surface area contributed by atoms with Crippen LogP contribution < -0.4 is 10.6 Å². The molecule has 130 valence electrons. The maximum absolute atomic E-state index is 12.6. The maximum atomic E-state index is 12.6. The molecule has 2 fully saturated rings. The molecule has 2 aliphatic rings. The first-order valence-electron chi connectivity index (χ1n) is 9.03. The number of nitrogens with one attached hydrogen (secondary N) is 2. The predicted octanol–water partition coefficient (Wildman–Crippen LogP) is 2.13. The molecule has 0 unspecified atom stereocenters. The van der Waals surface area contributed by atoms with Gasteiger partial charge in [-0.25, -0.2) is 4.98 Å². The summed E-state index contributed by atoms with van der Waals surface area (Å²) < 4.78 is 0. The standard InChI is InChI=1S/C18H26N4O2/c1-12-10-20-16(11-19-12)18(24)22-15-9-5-8-14(15)17(23)21-13-6-3-2-4-7-13/h10-11,13-15H,2-9H2,1H3,(H,21,23)(H,22,24)/t14-,15+/m0/s1. The van der Waals surface area contributed by atoms with Crippen molar-refractivity contribution in [2.45, 2.75) is 70.4 Å². The van der Waals surface area contributed by atoms with E-state index in [0.29, 0.717) is 11.7 Å². The Hall–Kier alpha value is -1.98. The van der Waals surface area contributed by atoms with Crippen molar-refractivity contribution in [3.05, 3.63) is 23.8 Å². The van der Waals surface area contributed by atoms with E-state index in [1.807, 2.05) is 6.92 Å². The highest BCUT2D eigenvalue weighted by Gasteiger charge is 2.35. The van der Waals surface area contributed by atoms with Crippen LogP contribution in [-0.2, 0) is 4.79 Å². The number of carbonyl (C=O) groups is 2. The molecule has 2 aliphatic carbocycles. The molecule has 0 aromatic carbocycles. The molecular weight excluding hydrogens is 304 g/mol. The smallest absolute Gasteiger partial charge is 0.271 e. The molecular formula is C18H26N4O2. The Morgan fingerprint density at radius 2 is 1.75 bits per heavy atom. The summed E-state index contributed by atoms with van der Waals surface area (Å²) in [6.07, 6.45) is 11.5. The van der Waals surface area contributed by atoms with Gasteiger partial charge < -0.3 is 10.6 Å². The SMILES string of the molecule is Cc1cnc(C(=O)N[C@@H]2CCC[C@@H]2C(=O)NC2CCCCC2)cn1. The highest BCUT2D eigenvalue weighted by Crippen LogP contribution is 2.27. The molecule has 2 saturated carbocycles. The molecule has 1 aromatic heterocycles. The number of aryl methyl sites for hydroxylation is 1. The lowest BCUT2D eigenvalue weighted by Gasteiger charge is -2.26. The van der Waals surface area contributed by atoms with Crippen LogP contribution >= 0.6 is 0 Å². The zero-order chi connectivity index (χ0) is 16.9. The Balaban J connectivity index is 1.57. The number of rotatable bonds is 4. The van der Waals surface area contributed by atoms with E-state index in [0.717, 1.165) is 37.8 Å². The molecule has 1 heterocycles. The van der Waals surface area contributed by atoms with E-state index < -0.39 is 0 Å². The van der Waals surface area contributed by atoms with Gasteiger partial charge in [-0.15, -0.1) is 0 Å². The van der Waals surface area contributed by atoms with Gasteiger partial charge in [-0.3, -0.25) is 14.6 Å². The van der Waals surface area contributed by atoms with Crippen LogP contribution in [0.25, 0.3) is 0 Å². The third-order valence-corrected chi connectivity index (χ3v) is 5.13. The van der Waals surface area contributed by atoms with Crippen molar-refractivity contribution in [2.24, 2.45) is 5.92 Å². The summed E-state index contributed by atoms with van der Waals surface area (Å²) in [5, 5.41) is 6.17. The molecule has 0 saturated heterocycles. The third kappa shape index (κ3) is 4.10. The topological polar surface area (TPSA) is 84.0 Å². The molecule has 0 bridgehead atoms. The van der Waals surface area contributed by atoms with Crippen molar-refractivity contribution in [2.75, 3.05) is 0 Å². The Labute approximate surface area is 142 Å². The fourth-order valence-electron chi connectivity index (χ4n) is 3.75. The van der Waals surface area contributed by atoms with Crippen LogP contribution in [0.3, 0.4) is 0 Å².